The monoisotopic (exact) mass is 371 g/mol. The number of benzene rings is 1. The van der Waals surface area contributed by atoms with Gasteiger partial charge in [0, 0.05) is 17.8 Å². The molecule has 1 aliphatic rings. The lowest BCUT2D eigenvalue weighted by Gasteiger charge is -2.30. The molecule has 7 heteroatoms. The molecule has 1 aliphatic carbocycles. The minimum absolute atomic E-state index is 0.00391. The third kappa shape index (κ3) is 4.36. The number of hydrogen-bond acceptors (Lipinski definition) is 5. The molecular weight excluding hydrogens is 345 g/mol. The highest BCUT2D eigenvalue weighted by Crippen LogP contribution is 2.27. The second-order valence-corrected chi connectivity index (χ2v) is 7.20. The average Bonchev–Trinajstić information content (AvgIpc) is 2.62. The maximum absolute atomic E-state index is 14.5. The summed E-state index contributed by atoms with van der Waals surface area (Å²) in [5.41, 5.74) is 14.6. The number of pyridine rings is 1. The number of nitrogens with two attached hydrogens (primary N) is 2. The molecule has 1 aromatic carbocycles. The lowest BCUT2D eigenvalue weighted by atomic mass is 9.91. The van der Waals surface area contributed by atoms with E-state index in [1.165, 1.54) is 0 Å². The van der Waals surface area contributed by atoms with Crippen LogP contribution in [0.2, 0.25) is 0 Å². The van der Waals surface area contributed by atoms with E-state index in [2.05, 4.69) is 15.6 Å². The van der Waals surface area contributed by atoms with Crippen molar-refractivity contribution in [3.63, 3.8) is 0 Å². The number of nitrogens with zero attached hydrogens (tertiary/aromatic N) is 1. The zero-order valence-electron chi connectivity index (χ0n) is 15.7. The van der Waals surface area contributed by atoms with E-state index < -0.39 is 11.7 Å². The summed E-state index contributed by atoms with van der Waals surface area (Å²) in [6.45, 7) is 4.00. The Morgan fingerprint density at radius 3 is 2.56 bits per heavy atom. The topological polar surface area (TPSA) is 106 Å². The van der Waals surface area contributed by atoms with Crippen molar-refractivity contribution in [2.45, 2.75) is 51.6 Å². The lowest BCUT2D eigenvalue weighted by Crippen LogP contribution is -2.43. The van der Waals surface area contributed by atoms with Crippen molar-refractivity contribution in [2.24, 2.45) is 11.5 Å². The van der Waals surface area contributed by atoms with Gasteiger partial charge in [-0.15, -0.1) is 0 Å². The summed E-state index contributed by atoms with van der Waals surface area (Å²) < 4.78 is 14.5. The first-order valence-corrected chi connectivity index (χ1v) is 9.22. The molecule has 1 amide bonds. The molecule has 0 aliphatic heterocycles. The number of amides is 1. The number of primary amides is 1. The molecule has 0 bridgehead atoms. The van der Waals surface area contributed by atoms with E-state index in [1.807, 2.05) is 32.0 Å². The van der Waals surface area contributed by atoms with E-state index in [-0.39, 0.29) is 29.3 Å². The first kappa shape index (κ1) is 19.1. The van der Waals surface area contributed by atoms with Crippen LogP contribution in [-0.4, -0.2) is 23.0 Å². The molecule has 1 heterocycles. The number of hydrogen-bond donors (Lipinski definition) is 4. The second kappa shape index (κ2) is 7.92. The second-order valence-electron chi connectivity index (χ2n) is 7.20. The fourth-order valence-corrected chi connectivity index (χ4v) is 3.34. The average molecular weight is 371 g/mol. The molecule has 2 atom stereocenters. The van der Waals surface area contributed by atoms with Gasteiger partial charge in [0.15, 0.2) is 11.6 Å². The summed E-state index contributed by atoms with van der Waals surface area (Å²) in [7, 11) is 0. The molecule has 3 rings (SSSR count). The van der Waals surface area contributed by atoms with Gasteiger partial charge in [-0.1, -0.05) is 18.9 Å². The largest absolute Gasteiger partial charge is 0.365 e. The third-order valence-corrected chi connectivity index (χ3v) is 5.15. The van der Waals surface area contributed by atoms with Gasteiger partial charge in [-0.3, -0.25) is 4.79 Å². The minimum atomic E-state index is -0.742. The molecule has 0 saturated heterocycles. The van der Waals surface area contributed by atoms with E-state index in [0.29, 0.717) is 0 Å². The zero-order valence-corrected chi connectivity index (χ0v) is 15.7. The minimum Gasteiger partial charge on any atom is -0.365 e. The SMILES string of the molecule is Cc1ccc(Nc2nc(N[C@@H]3CCCC[C@@H]3N)c(F)cc2C(N)=O)cc1C. The molecule has 0 spiro atoms. The van der Waals surface area contributed by atoms with Crippen LogP contribution in [0.25, 0.3) is 0 Å². The Morgan fingerprint density at radius 2 is 1.89 bits per heavy atom. The zero-order chi connectivity index (χ0) is 19.6. The molecule has 2 aromatic rings. The van der Waals surface area contributed by atoms with E-state index >= 15 is 0 Å². The quantitative estimate of drug-likeness (QED) is 0.645. The summed E-state index contributed by atoms with van der Waals surface area (Å²) >= 11 is 0. The normalized spacial score (nSPS) is 19.6. The van der Waals surface area contributed by atoms with Crippen LogP contribution in [0.15, 0.2) is 24.3 Å². The number of aryl methyl sites for hydroxylation is 2. The highest BCUT2D eigenvalue weighted by Gasteiger charge is 2.24. The van der Waals surface area contributed by atoms with Crippen molar-refractivity contribution in [2.75, 3.05) is 10.6 Å². The number of carbonyl (C=O) groups is 1. The van der Waals surface area contributed by atoms with Gasteiger partial charge in [0.1, 0.15) is 5.82 Å². The molecule has 1 fully saturated rings. The van der Waals surface area contributed by atoms with Crippen molar-refractivity contribution < 1.29 is 9.18 Å². The van der Waals surface area contributed by atoms with Crippen molar-refractivity contribution in [1.29, 1.82) is 0 Å². The molecule has 6 N–H and O–H groups in total. The maximum Gasteiger partial charge on any atom is 0.252 e. The lowest BCUT2D eigenvalue weighted by molar-refractivity contribution is 0.100. The molecule has 0 radical (unpaired) electrons. The molecule has 6 nitrogen and oxygen atoms in total. The summed E-state index contributed by atoms with van der Waals surface area (Å²) in [4.78, 5) is 16.1. The summed E-state index contributed by atoms with van der Waals surface area (Å²) in [5.74, 6) is -1.06. The summed E-state index contributed by atoms with van der Waals surface area (Å²) in [5, 5.41) is 6.20. The Hall–Kier alpha value is -2.67. The first-order chi connectivity index (χ1) is 12.8. The van der Waals surface area contributed by atoms with Crippen LogP contribution >= 0.6 is 0 Å². The Bertz CT molecular complexity index is 855. The smallest absolute Gasteiger partial charge is 0.252 e. The van der Waals surface area contributed by atoms with Gasteiger partial charge in [0.25, 0.3) is 5.91 Å². The standard InChI is InChI=1S/C20H26FN5O/c1-11-7-8-13(9-12(11)2)24-19-14(18(23)27)10-15(21)20(26-19)25-17-6-4-3-5-16(17)22/h7-10,16-17H,3-6,22H2,1-2H3,(H2,23,27)(H2,24,25,26)/t16-,17+/m0/s1. The van der Waals surface area contributed by atoms with E-state index in [1.54, 1.807) is 0 Å². The van der Waals surface area contributed by atoms with Gasteiger partial charge in [-0.2, -0.15) is 0 Å². The predicted octanol–water partition coefficient (Wildman–Crippen LogP) is 3.36. The van der Waals surface area contributed by atoms with Crippen LogP contribution in [0, 0.1) is 19.7 Å². The van der Waals surface area contributed by atoms with Gasteiger partial charge in [-0.25, -0.2) is 9.37 Å². The number of halogens is 1. The molecule has 144 valence electrons. The Morgan fingerprint density at radius 1 is 1.15 bits per heavy atom. The Labute approximate surface area is 158 Å². The molecule has 0 unspecified atom stereocenters. The number of rotatable bonds is 5. The van der Waals surface area contributed by atoms with Crippen molar-refractivity contribution in [3.05, 3.63) is 46.8 Å². The molecule has 27 heavy (non-hydrogen) atoms. The first-order valence-electron chi connectivity index (χ1n) is 9.22. The van der Waals surface area contributed by atoms with Gasteiger partial charge in [0.05, 0.1) is 5.56 Å². The van der Waals surface area contributed by atoms with Crippen LogP contribution in [0.5, 0.6) is 0 Å². The van der Waals surface area contributed by atoms with Gasteiger partial charge >= 0.3 is 0 Å². The highest BCUT2D eigenvalue weighted by atomic mass is 19.1. The molecule has 1 saturated carbocycles. The fraction of sp³-hybridized carbons (Fsp3) is 0.400. The van der Waals surface area contributed by atoms with Crippen LogP contribution in [-0.2, 0) is 0 Å². The molecular formula is C20H26FN5O. The maximum atomic E-state index is 14.5. The van der Waals surface area contributed by atoms with E-state index in [0.717, 1.165) is 48.6 Å². The van der Waals surface area contributed by atoms with Crippen LogP contribution < -0.4 is 22.1 Å². The van der Waals surface area contributed by atoms with Crippen molar-refractivity contribution in [1.82, 2.24) is 4.98 Å². The Balaban J connectivity index is 1.92. The summed E-state index contributed by atoms with van der Waals surface area (Å²) in [6.07, 6.45) is 3.88. The number of nitrogens with one attached hydrogen (secondary N) is 2. The Kier molecular flexibility index (Phi) is 5.60. The van der Waals surface area contributed by atoms with Crippen LogP contribution in [0.4, 0.5) is 21.7 Å². The van der Waals surface area contributed by atoms with E-state index in [4.69, 9.17) is 11.5 Å². The highest BCUT2D eigenvalue weighted by molar-refractivity contribution is 5.98. The fourth-order valence-electron chi connectivity index (χ4n) is 3.34. The van der Waals surface area contributed by atoms with Gasteiger partial charge in [0.2, 0.25) is 0 Å². The third-order valence-electron chi connectivity index (χ3n) is 5.15. The number of carbonyl (C=O) groups excluding carboxylic acids is 1. The van der Waals surface area contributed by atoms with E-state index in [9.17, 15) is 9.18 Å². The van der Waals surface area contributed by atoms with Crippen molar-refractivity contribution >= 4 is 23.2 Å². The predicted molar refractivity (Wildman–Crippen MR) is 106 cm³/mol. The number of anilines is 3. The van der Waals surface area contributed by atoms with Crippen LogP contribution in [0.1, 0.15) is 47.2 Å². The van der Waals surface area contributed by atoms with Gasteiger partial charge < -0.3 is 22.1 Å². The number of aromatic nitrogens is 1. The summed E-state index contributed by atoms with van der Waals surface area (Å²) in [6, 6.07) is 6.81. The van der Waals surface area contributed by atoms with Gasteiger partial charge in [-0.05, 0) is 56.0 Å². The van der Waals surface area contributed by atoms with Crippen LogP contribution in [0.3, 0.4) is 0 Å². The van der Waals surface area contributed by atoms with Crippen molar-refractivity contribution in [3.8, 4) is 0 Å². The molecule has 1 aromatic heterocycles.